The van der Waals surface area contributed by atoms with Crippen molar-refractivity contribution in [3.05, 3.63) is 50.6 Å². The van der Waals surface area contributed by atoms with E-state index in [4.69, 9.17) is 9.47 Å². The first kappa shape index (κ1) is 23.0. The Balaban J connectivity index is 1.51. The maximum atomic E-state index is 12.3. The highest BCUT2D eigenvalue weighted by molar-refractivity contribution is 14.1. The van der Waals surface area contributed by atoms with Gasteiger partial charge in [-0.1, -0.05) is 18.2 Å². The van der Waals surface area contributed by atoms with Crippen molar-refractivity contribution in [2.45, 2.75) is 42.8 Å². The second-order valence-electron chi connectivity index (χ2n) is 6.62. The summed E-state index contributed by atoms with van der Waals surface area (Å²) in [4.78, 5) is 29.3. The molecule has 1 fully saturated rings. The summed E-state index contributed by atoms with van der Waals surface area (Å²) < 4.78 is 12.1. The number of hydrogen-bond donors (Lipinski definition) is 3. The van der Waals surface area contributed by atoms with Gasteiger partial charge in [0.1, 0.15) is 12.2 Å². The van der Waals surface area contributed by atoms with Gasteiger partial charge < -0.3 is 19.7 Å². The second kappa shape index (κ2) is 10.6. The first-order valence-corrected chi connectivity index (χ1v) is 11.3. The van der Waals surface area contributed by atoms with Gasteiger partial charge in [0, 0.05) is 16.8 Å². The van der Waals surface area contributed by atoms with Crippen molar-refractivity contribution in [2.24, 2.45) is 0 Å². The van der Waals surface area contributed by atoms with Crippen molar-refractivity contribution in [1.29, 1.82) is 0 Å². The molecule has 4 atom stereocenters. The molecule has 1 aliphatic heterocycles. The Morgan fingerprint density at radius 2 is 2.07 bits per heavy atom. The molecule has 3 N–H and O–H groups in total. The minimum atomic E-state index is -1.26. The van der Waals surface area contributed by atoms with E-state index in [2.05, 4.69) is 10.3 Å². The molecule has 1 aromatic heterocycles. The number of carbonyl (C=O) groups excluding carboxylic acids is 1. The summed E-state index contributed by atoms with van der Waals surface area (Å²) in [7, 11) is 0. The minimum absolute atomic E-state index is 0.0570. The Morgan fingerprint density at radius 3 is 2.73 bits per heavy atom. The van der Waals surface area contributed by atoms with Crippen LogP contribution in [0.2, 0.25) is 0 Å². The highest BCUT2D eigenvalue weighted by atomic mass is 127. The SMILES string of the molecule is C[C@H]1O[C@@H](n2cc(I)c(NC(=O)OCCCSc3ccccc3)nc2=O)[C@H](O)[C@@H]1O. The second-order valence-corrected chi connectivity index (χ2v) is 8.95. The van der Waals surface area contributed by atoms with E-state index in [1.807, 2.05) is 52.9 Å². The number of aliphatic hydroxyl groups excluding tert-OH is 2. The minimum Gasteiger partial charge on any atom is -0.449 e. The van der Waals surface area contributed by atoms with Gasteiger partial charge in [0.25, 0.3) is 0 Å². The molecule has 30 heavy (non-hydrogen) atoms. The van der Waals surface area contributed by atoms with Gasteiger partial charge in [0.15, 0.2) is 12.0 Å². The van der Waals surface area contributed by atoms with Gasteiger partial charge in [-0.2, -0.15) is 4.98 Å². The molecule has 3 rings (SSSR count). The molecule has 9 nitrogen and oxygen atoms in total. The number of aliphatic hydroxyl groups is 2. The summed E-state index contributed by atoms with van der Waals surface area (Å²) in [5, 5.41) is 22.4. The van der Waals surface area contributed by atoms with Gasteiger partial charge in [-0.3, -0.25) is 9.88 Å². The lowest BCUT2D eigenvalue weighted by atomic mass is 10.1. The van der Waals surface area contributed by atoms with Gasteiger partial charge in [-0.25, -0.2) is 9.59 Å². The molecule has 1 aliphatic rings. The molecule has 0 bridgehead atoms. The smallest absolute Gasteiger partial charge is 0.412 e. The van der Waals surface area contributed by atoms with Crippen LogP contribution < -0.4 is 11.0 Å². The Bertz CT molecular complexity index is 928. The molecule has 0 spiro atoms. The van der Waals surface area contributed by atoms with Crippen LogP contribution in [0.3, 0.4) is 0 Å². The van der Waals surface area contributed by atoms with Crippen LogP contribution in [0.15, 0.2) is 46.2 Å². The van der Waals surface area contributed by atoms with E-state index in [-0.39, 0.29) is 12.4 Å². The first-order valence-electron chi connectivity index (χ1n) is 9.28. The number of ether oxygens (including phenoxy) is 2. The number of anilines is 1. The summed E-state index contributed by atoms with van der Waals surface area (Å²) >= 11 is 3.58. The van der Waals surface area contributed by atoms with E-state index < -0.39 is 36.3 Å². The number of carbonyl (C=O) groups is 1. The summed E-state index contributed by atoms with van der Waals surface area (Å²) in [6, 6.07) is 9.93. The Hall–Kier alpha value is -1.67. The number of aromatic nitrogens is 2. The number of rotatable bonds is 7. The highest BCUT2D eigenvalue weighted by Crippen LogP contribution is 2.28. The van der Waals surface area contributed by atoms with Crippen molar-refractivity contribution < 1.29 is 24.5 Å². The lowest BCUT2D eigenvalue weighted by Crippen LogP contribution is -2.36. The van der Waals surface area contributed by atoms with E-state index >= 15 is 0 Å². The largest absolute Gasteiger partial charge is 0.449 e. The van der Waals surface area contributed by atoms with E-state index in [1.165, 1.54) is 6.20 Å². The van der Waals surface area contributed by atoms with Crippen molar-refractivity contribution in [3.8, 4) is 0 Å². The fourth-order valence-corrected chi connectivity index (χ4v) is 4.24. The lowest BCUT2D eigenvalue weighted by Gasteiger charge is -2.18. The summed E-state index contributed by atoms with van der Waals surface area (Å²) in [5.41, 5.74) is -0.727. The van der Waals surface area contributed by atoms with Gasteiger partial charge in [0.05, 0.1) is 16.3 Å². The van der Waals surface area contributed by atoms with E-state index in [0.717, 1.165) is 15.2 Å². The molecule has 11 heteroatoms. The first-order chi connectivity index (χ1) is 14.4. The third-order valence-corrected chi connectivity index (χ3v) is 6.30. The van der Waals surface area contributed by atoms with Crippen molar-refractivity contribution in [2.75, 3.05) is 17.7 Å². The van der Waals surface area contributed by atoms with Crippen LogP contribution in [0.4, 0.5) is 10.6 Å². The zero-order chi connectivity index (χ0) is 21.7. The molecule has 2 aromatic rings. The Labute approximate surface area is 190 Å². The summed E-state index contributed by atoms with van der Waals surface area (Å²) in [6.45, 7) is 1.83. The molecule has 1 aromatic carbocycles. The molecule has 2 heterocycles. The maximum absolute atomic E-state index is 12.3. The highest BCUT2D eigenvalue weighted by Gasteiger charge is 2.42. The molecule has 1 saturated heterocycles. The number of hydrogen-bond acceptors (Lipinski definition) is 8. The van der Waals surface area contributed by atoms with Crippen LogP contribution in [0.5, 0.6) is 0 Å². The Kier molecular flexibility index (Phi) is 8.11. The fourth-order valence-electron chi connectivity index (χ4n) is 2.84. The Morgan fingerprint density at radius 1 is 1.33 bits per heavy atom. The van der Waals surface area contributed by atoms with Gasteiger partial charge >= 0.3 is 11.8 Å². The number of benzene rings is 1. The van der Waals surface area contributed by atoms with Crippen LogP contribution >= 0.6 is 34.4 Å². The molecular weight excluding hydrogens is 525 g/mol. The van der Waals surface area contributed by atoms with Gasteiger partial charge in [-0.05, 0) is 48.1 Å². The van der Waals surface area contributed by atoms with E-state index in [0.29, 0.717) is 9.99 Å². The zero-order valence-corrected chi connectivity index (χ0v) is 19.1. The third-order valence-electron chi connectivity index (χ3n) is 4.41. The standard InChI is InChI=1S/C19H22IN3O6S/c1-11-14(24)15(25)17(29-11)23-10-13(20)16(21-18(23)26)22-19(27)28-8-5-9-30-12-6-3-2-4-7-12/h2-4,6-7,10-11,14-15,17,24-25H,5,8-9H2,1H3,(H,21,22,26,27)/t11-,14-,15-,17-/m1/s1. The topological polar surface area (TPSA) is 123 Å². The average molecular weight is 547 g/mol. The molecule has 162 valence electrons. The zero-order valence-electron chi connectivity index (χ0n) is 16.1. The third kappa shape index (κ3) is 5.72. The number of amides is 1. The van der Waals surface area contributed by atoms with Crippen LogP contribution in [0.1, 0.15) is 19.6 Å². The molecule has 0 radical (unpaired) electrons. The van der Waals surface area contributed by atoms with E-state index in [9.17, 15) is 19.8 Å². The van der Waals surface area contributed by atoms with Crippen molar-refractivity contribution >= 4 is 46.3 Å². The van der Waals surface area contributed by atoms with Gasteiger partial charge in [0.2, 0.25) is 0 Å². The molecule has 0 saturated carbocycles. The quantitative estimate of drug-likeness (QED) is 0.274. The monoisotopic (exact) mass is 547 g/mol. The van der Waals surface area contributed by atoms with Crippen LogP contribution in [-0.2, 0) is 9.47 Å². The molecule has 0 unspecified atom stereocenters. The normalized spacial score (nSPS) is 23.3. The fraction of sp³-hybridized carbons (Fsp3) is 0.421. The van der Waals surface area contributed by atoms with Crippen molar-refractivity contribution in [3.63, 3.8) is 0 Å². The predicted octanol–water partition coefficient (Wildman–Crippen LogP) is 2.22. The maximum Gasteiger partial charge on any atom is 0.412 e. The lowest BCUT2D eigenvalue weighted by molar-refractivity contribution is -0.0351. The summed E-state index contributed by atoms with van der Waals surface area (Å²) in [5.74, 6) is 0.860. The van der Waals surface area contributed by atoms with Gasteiger partial charge in [-0.15, -0.1) is 11.8 Å². The summed E-state index contributed by atoms with van der Waals surface area (Å²) in [6.07, 6.45) is -2.66. The van der Waals surface area contributed by atoms with Crippen molar-refractivity contribution in [1.82, 2.24) is 9.55 Å². The number of halogens is 1. The number of thioether (sulfide) groups is 1. The molecular formula is C19H22IN3O6S. The van der Waals surface area contributed by atoms with Crippen LogP contribution in [0.25, 0.3) is 0 Å². The number of nitrogens with one attached hydrogen (secondary N) is 1. The number of nitrogens with zero attached hydrogens (tertiary/aromatic N) is 2. The van der Waals surface area contributed by atoms with Crippen LogP contribution in [-0.4, -0.2) is 56.5 Å². The predicted molar refractivity (Wildman–Crippen MR) is 120 cm³/mol. The molecule has 0 aliphatic carbocycles. The van der Waals surface area contributed by atoms with Crippen LogP contribution in [0, 0.1) is 3.57 Å². The molecule has 1 amide bonds. The average Bonchev–Trinajstić information content (AvgIpc) is 2.98. The van der Waals surface area contributed by atoms with E-state index in [1.54, 1.807) is 18.7 Å².